The van der Waals surface area contributed by atoms with Gasteiger partial charge < -0.3 is 5.11 Å². The predicted molar refractivity (Wildman–Crippen MR) is 69.3 cm³/mol. The Balaban J connectivity index is 2.36. The highest BCUT2D eigenvalue weighted by molar-refractivity contribution is 9.10. The molecule has 3 heteroatoms. The molecular weight excluding hydrogens is 283 g/mol. The molecule has 2 aromatic rings. The third kappa shape index (κ3) is 2.73. The van der Waals surface area contributed by atoms with Crippen LogP contribution in [-0.4, -0.2) is 5.11 Å². The third-order valence-corrected chi connectivity index (χ3v) is 3.24. The summed E-state index contributed by atoms with van der Waals surface area (Å²) in [5.74, 6) is -0.283. The van der Waals surface area contributed by atoms with Crippen LogP contribution in [0.4, 0.5) is 4.39 Å². The molecule has 0 aliphatic heterocycles. The van der Waals surface area contributed by atoms with E-state index in [0.29, 0.717) is 0 Å². The van der Waals surface area contributed by atoms with Crippen LogP contribution in [0.1, 0.15) is 22.8 Å². The van der Waals surface area contributed by atoms with E-state index >= 15 is 0 Å². The second-order valence-corrected chi connectivity index (χ2v) is 4.87. The van der Waals surface area contributed by atoms with Gasteiger partial charge in [-0.1, -0.05) is 34.1 Å². The number of rotatable bonds is 2. The lowest BCUT2D eigenvalue weighted by Crippen LogP contribution is -2.02. The molecule has 0 aliphatic rings. The zero-order chi connectivity index (χ0) is 12.4. The SMILES string of the molecule is Cc1cc(F)ccc1C(O)c1ccc(Br)cc1. The lowest BCUT2D eigenvalue weighted by Gasteiger charge is -2.14. The normalized spacial score (nSPS) is 12.5. The molecule has 0 radical (unpaired) electrons. The summed E-state index contributed by atoms with van der Waals surface area (Å²) in [6.07, 6.45) is -0.719. The monoisotopic (exact) mass is 294 g/mol. The summed E-state index contributed by atoms with van der Waals surface area (Å²) in [6, 6.07) is 11.9. The lowest BCUT2D eigenvalue weighted by atomic mass is 9.97. The van der Waals surface area contributed by atoms with Crippen molar-refractivity contribution in [2.75, 3.05) is 0 Å². The summed E-state index contributed by atoms with van der Waals surface area (Å²) in [4.78, 5) is 0. The highest BCUT2D eigenvalue weighted by atomic mass is 79.9. The second-order valence-electron chi connectivity index (χ2n) is 3.95. The van der Waals surface area contributed by atoms with E-state index in [2.05, 4.69) is 15.9 Å². The van der Waals surface area contributed by atoms with E-state index in [0.717, 1.165) is 21.2 Å². The van der Waals surface area contributed by atoms with Gasteiger partial charge in [0, 0.05) is 4.47 Å². The van der Waals surface area contributed by atoms with E-state index in [1.54, 1.807) is 13.0 Å². The van der Waals surface area contributed by atoms with E-state index in [1.165, 1.54) is 12.1 Å². The Hall–Kier alpha value is -1.19. The Morgan fingerprint density at radius 3 is 2.35 bits per heavy atom. The Labute approximate surface area is 108 Å². The van der Waals surface area contributed by atoms with Crippen LogP contribution in [0.25, 0.3) is 0 Å². The molecule has 17 heavy (non-hydrogen) atoms. The van der Waals surface area contributed by atoms with Gasteiger partial charge in [-0.05, 0) is 47.9 Å². The van der Waals surface area contributed by atoms with Crippen molar-refractivity contribution < 1.29 is 9.50 Å². The van der Waals surface area contributed by atoms with E-state index in [-0.39, 0.29) is 5.82 Å². The van der Waals surface area contributed by atoms with E-state index < -0.39 is 6.10 Å². The summed E-state index contributed by atoms with van der Waals surface area (Å²) < 4.78 is 13.9. The van der Waals surface area contributed by atoms with Crippen LogP contribution in [0.5, 0.6) is 0 Å². The van der Waals surface area contributed by atoms with Gasteiger partial charge in [0.25, 0.3) is 0 Å². The fourth-order valence-corrected chi connectivity index (χ4v) is 2.03. The van der Waals surface area contributed by atoms with Crippen LogP contribution in [-0.2, 0) is 0 Å². The summed E-state index contributed by atoms with van der Waals surface area (Å²) in [5, 5.41) is 10.2. The molecule has 1 atom stereocenters. The first kappa shape index (κ1) is 12.3. The molecule has 1 nitrogen and oxygen atoms in total. The summed E-state index contributed by atoms with van der Waals surface area (Å²) in [7, 11) is 0. The fraction of sp³-hybridized carbons (Fsp3) is 0.143. The van der Waals surface area contributed by atoms with Crippen LogP contribution in [0, 0.1) is 12.7 Å². The highest BCUT2D eigenvalue weighted by Crippen LogP contribution is 2.26. The summed E-state index contributed by atoms with van der Waals surface area (Å²) in [5.41, 5.74) is 2.28. The quantitative estimate of drug-likeness (QED) is 0.888. The maximum absolute atomic E-state index is 13.0. The Morgan fingerprint density at radius 2 is 1.76 bits per heavy atom. The van der Waals surface area contributed by atoms with Crippen molar-refractivity contribution in [3.8, 4) is 0 Å². The fourth-order valence-electron chi connectivity index (χ4n) is 1.77. The van der Waals surface area contributed by atoms with E-state index in [9.17, 15) is 9.50 Å². The maximum Gasteiger partial charge on any atom is 0.123 e. The van der Waals surface area contributed by atoms with Gasteiger partial charge in [-0.25, -0.2) is 4.39 Å². The third-order valence-electron chi connectivity index (χ3n) is 2.71. The van der Waals surface area contributed by atoms with Gasteiger partial charge in [-0.2, -0.15) is 0 Å². The first-order valence-electron chi connectivity index (χ1n) is 5.27. The number of hydrogen-bond donors (Lipinski definition) is 1. The zero-order valence-corrected chi connectivity index (χ0v) is 10.9. The van der Waals surface area contributed by atoms with Crippen LogP contribution in [0.2, 0.25) is 0 Å². The van der Waals surface area contributed by atoms with Crippen LogP contribution < -0.4 is 0 Å². The number of aliphatic hydroxyl groups excluding tert-OH is 1. The average Bonchev–Trinajstić information content (AvgIpc) is 2.29. The molecular formula is C14H12BrFO. The molecule has 0 amide bonds. The van der Waals surface area contributed by atoms with Crippen molar-refractivity contribution in [2.24, 2.45) is 0 Å². The molecule has 2 rings (SSSR count). The minimum absolute atomic E-state index is 0.283. The minimum Gasteiger partial charge on any atom is -0.384 e. The van der Waals surface area contributed by atoms with E-state index in [4.69, 9.17) is 0 Å². The summed E-state index contributed by atoms with van der Waals surface area (Å²) in [6.45, 7) is 1.79. The molecule has 0 heterocycles. The smallest absolute Gasteiger partial charge is 0.123 e. The number of hydrogen-bond acceptors (Lipinski definition) is 1. The zero-order valence-electron chi connectivity index (χ0n) is 9.32. The Bertz CT molecular complexity index is 522. The van der Waals surface area contributed by atoms with Gasteiger partial charge >= 0.3 is 0 Å². The van der Waals surface area contributed by atoms with Crippen molar-refractivity contribution in [1.29, 1.82) is 0 Å². The van der Waals surface area contributed by atoms with Gasteiger partial charge in [-0.15, -0.1) is 0 Å². The molecule has 1 N–H and O–H groups in total. The van der Waals surface area contributed by atoms with Crippen molar-refractivity contribution in [3.63, 3.8) is 0 Å². The van der Waals surface area contributed by atoms with E-state index in [1.807, 2.05) is 24.3 Å². The Kier molecular flexibility index (Phi) is 3.60. The number of benzene rings is 2. The number of aryl methyl sites for hydroxylation is 1. The maximum atomic E-state index is 13.0. The molecule has 88 valence electrons. The molecule has 0 saturated heterocycles. The molecule has 0 saturated carbocycles. The van der Waals surface area contributed by atoms with Crippen LogP contribution >= 0.6 is 15.9 Å². The molecule has 0 aromatic heterocycles. The van der Waals surface area contributed by atoms with Crippen molar-refractivity contribution in [3.05, 3.63) is 69.4 Å². The van der Waals surface area contributed by atoms with Gasteiger partial charge in [0.15, 0.2) is 0 Å². The predicted octanol–water partition coefficient (Wildman–Crippen LogP) is 3.98. The topological polar surface area (TPSA) is 20.2 Å². The second kappa shape index (κ2) is 4.98. The van der Waals surface area contributed by atoms with Crippen LogP contribution in [0.3, 0.4) is 0 Å². The largest absolute Gasteiger partial charge is 0.384 e. The molecule has 2 aromatic carbocycles. The Morgan fingerprint density at radius 1 is 1.12 bits per heavy atom. The standard InChI is InChI=1S/C14H12BrFO/c1-9-8-12(16)6-7-13(9)14(17)10-2-4-11(15)5-3-10/h2-8,14,17H,1H3. The number of aliphatic hydroxyl groups is 1. The van der Waals surface area contributed by atoms with Gasteiger partial charge in [0.05, 0.1) is 0 Å². The summed E-state index contributed by atoms with van der Waals surface area (Å²) >= 11 is 3.34. The van der Waals surface area contributed by atoms with Gasteiger partial charge in [0.2, 0.25) is 0 Å². The average molecular weight is 295 g/mol. The first-order valence-corrected chi connectivity index (χ1v) is 6.07. The van der Waals surface area contributed by atoms with Crippen molar-refractivity contribution >= 4 is 15.9 Å². The lowest BCUT2D eigenvalue weighted by molar-refractivity contribution is 0.219. The first-order chi connectivity index (χ1) is 8.08. The van der Waals surface area contributed by atoms with Crippen molar-refractivity contribution in [2.45, 2.75) is 13.0 Å². The molecule has 0 aliphatic carbocycles. The minimum atomic E-state index is -0.719. The van der Waals surface area contributed by atoms with Crippen molar-refractivity contribution in [1.82, 2.24) is 0 Å². The molecule has 0 spiro atoms. The van der Waals surface area contributed by atoms with Gasteiger partial charge in [0.1, 0.15) is 11.9 Å². The van der Waals surface area contributed by atoms with Gasteiger partial charge in [-0.3, -0.25) is 0 Å². The number of halogens is 2. The molecule has 0 fully saturated rings. The van der Waals surface area contributed by atoms with Crippen LogP contribution in [0.15, 0.2) is 46.9 Å². The molecule has 1 unspecified atom stereocenters. The highest BCUT2D eigenvalue weighted by Gasteiger charge is 2.12. The molecule has 0 bridgehead atoms.